The average molecular weight is 337 g/mol. The summed E-state index contributed by atoms with van der Waals surface area (Å²) < 4.78 is 0. The van der Waals surface area contributed by atoms with Crippen molar-refractivity contribution in [1.29, 1.82) is 0 Å². The fourth-order valence-corrected chi connectivity index (χ4v) is 3.48. The molecule has 0 aromatic heterocycles. The average Bonchev–Trinajstić information content (AvgIpc) is 3.10. The lowest BCUT2D eigenvalue weighted by Crippen LogP contribution is -2.34. The van der Waals surface area contributed by atoms with Crippen LogP contribution in [0.1, 0.15) is 40.7 Å². The molecule has 1 fully saturated rings. The molecule has 1 aliphatic rings. The molecule has 1 aliphatic carbocycles. The van der Waals surface area contributed by atoms with Crippen molar-refractivity contribution in [2.75, 3.05) is 0 Å². The van der Waals surface area contributed by atoms with E-state index in [0.717, 1.165) is 24.8 Å². The molecule has 4 nitrogen and oxygen atoms in total. The van der Waals surface area contributed by atoms with E-state index in [9.17, 15) is 9.59 Å². The third kappa shape index (κ3) is 4.47. The first-order chi connectivity index (χ1) is 12.1. The van der Waals surface area contributed by atoms with Crippen LogP contribution in [0, 0.1) is 5.92 Å². The second-order valence-corrected chi connectivity index (χ2v) is 6.66. The highest BCUT2D eigenvalue weighted by Gasteiger charge is 2.30. The largest absolute Gasteiger partial charge is 0.481 e. The second-order valence-electron chi connectivity index (χ2n) is 6.66. The summed E-state index contributed by atoms with van der Waals surface area (Å²) >= 11 is 0. The summed E-state index contributed by atoms with van der Waals surface area (Å²) in [5.74, 6) is -1.20. The summed E-state index contributed by atoms with van der Waals surface area (Å²) in [6.45, 7) is 0. The Bertz CT molecular complexity index is 742. The van der Waals surface area contributed by atoms with E-state index in [1.54, 1.807) is 0 Å². The fourth-order valence-electron chi connectivity index (χ4n) is 3.48. The van der Waals surface area contributed by atoms with Crippen LogP contribution < -0.4 is 5.32 Å². The monoisotopic (exact) mass is 337 g/mol. The van der Waals surface area contributed by atoms with E-state index in [-0.39, 0.29) is 17.9 Å². The molecule has 0 spiro atoms. The highest BCUT2D eigenvalue weighted by Crippen LogP contribution is 2.26. The zero-order valence-corrected chi connectivity index (χ0v) is 14.2. The molecule has 4 heteroatoms. The molecular weight excluding hydrogens is 314 g/mol. The van der Waals surface area contributed by atoms with Gasteiger partial charge in [0.15, 0.2) is 0 Å². The van der Waals surface area contributed by atoms with Crippen LogP contribution >= 0.6 is 0 Å². The van der Waals surface area contributed by atoms with Gasteiger partial charge < -0.3 is 10.4 Å². The van der Waals surface area contributed by atoms with Crippen molar-refractivity contribution in [3.63, 3.8) is 0 Å². The quantitative estimate of drug-likeness (QED) is 0.848. The van der Waals surface area contributed by atoms with Crippen molar-refractivity contribution in [3.05, 3.63) is 71.3 Å². The first-order valence-corrected chi connectivity index (χ1v) is 8.79. The summed E-state index contributed by atoms with van der Waals surface area (Å²) in [5, 5.41) is 12.1. The number of amides is 1. The molecule has 0 heterocycles. The van der Waals surface area contributed by atoms with Gasteiger partial charge in [0.2, 0.25) is 0 Å². The number of aryl methyl sites for hydroxylation is 2. The lowest BCUT2D eigenvalue weighted by molar-refractivity contribution is -0.141. The van der Waals surface area contributed by atoms with Crippen molar-refractivity contribution in [1.82, 2.24) is 5.32 Å². The molecule has 0 radical (unpaired) electrons. The summed E-state index contributed by atoms with van der Waals surface area (Å²) in [5.41, 5.74) is 2.96. The Hall–Kier alpha value is -2.62. The van der Waals surface area contributed by atoms with Crippen molar-refractivity contribution in [2.45, 2.75) is 38.1 Å². The van der Waals surface area contributed by atoms with Crippen molar-refractivity contribution < 1.29 is 14.7 Å². The van der Waals surface area contributed by atoms with E-state index in [2.05, 4.69) is 17.4 Å². The van der Waals surface area contributed by atoms with Gasteiger partial charge in [0, 0.05) is 11.6 Å². The first-order valence-electron chi connectivity index (χ1n) is 8.79. The van der Waals surface area contributed by atoms with Crippen molar-refractivity contribution in [3.8, 4) is 0 Å². The van der Waals surface area contributed by atoms with Crippen molar-refractivity contribution in [2.24, 2.45) is 5.92 Å². The SMILES string of the molecule is O=C(N[C@H]1CC[C@@H](C(=O)O)C1)c1ccccc1CCc1ccccc1. The van der Waals surface area contributed by atoms with Gasteiger partial charge in [-0.25, -0.2) is 0 Å². The Kier molecular flexibility index (Phi) is 5.49. The molecule has 25 heavy (non-hydrogen) atoms. The number of carbonyl (C=O) groups excluding carboxylic acids is 1. The molecular formula is C21H23NO3. The maximum absolute atomic E-state index is 12.7. The zero-order valence-electron chi connectivity index (χ0n) is 14.2. The number of carboxylic acids is 1. The summed E-state index contributed by atoms with van der Waals surface area (Å²) in [4.78, 5) is 23.7. The Morgan fingerprint density at radius 2 is 1.68 bits per heavy atom. The van der Waals surface area contributed by atoms with Gasteiger partial charge in [-0.15, -0.1) is 0 Å². The van der Waals surface area contributed by atoms with Crippen LogP contribution in [0.5, 0.6) is 0 Å². The van der Waals surface area contributed by atoms with E-state index in [1.807, 2.05) is 42.5 Å². The van der Waals surface area contributed by atoms with Gasteiger partial charge >= 0.3 is 5.97 Å². The molecule has 1 amide bonds. The number of hydrogen-bond donors (Lipinski definition) is 2. The summed E-state index contributed by atoms with van der Waals surface area (Å²) in [6.07, 6.45) is 3.57. The standard InChI is InChI=1S/C21H23NO3/c23-20(22-18-13-12-17(14-18)21(24)25)19-9-5-4-8-16(19)11-10-15-6-2-1-3-7-15/h1-9,17-18H,10-14H2,(H,22,23)(H,24,25)/t17-,18+/m1/s1. The zero-order chi connectivity index (χ0) is 17.6. The third-order valence-electron chi connectivity index (χ3n) is 4.90. The molecule has 2 aromatic rings. The number of carboxylic acid groups (broad SMARTS) is 1. The third-order valence-corrected chi connectivity index (χ3v) is 4.90. The van der Waals surface area contributed by atoms with Gasteiger partial charge in [0.1, 0.15) is 0 Å². The van der Waals surface area contributed by atoms with Gasteiger partial charge in [-0.1, -0.05) is 48.5 Å². The first kappa shape index (κ1) is 17.2. The minimum Gasteiger partial charge on any atom is -0.481 e. The van der Waals surface area contributed by atoms with Crippen LogP contribution in [0.15, 0.2) is 54.6 Å². The predicted molar refractivity (Wildman–Crippen MR) is 96.5 cm³/mol. The van der Waals surface area contributed by atoms with Crippen LogP contribution in [-0.4, -0.2) is 23.0 Å². The van der Waals surface area contributed by atoms with E-state index in [0.29, 0.717) is 18.4 Å². The Balaban J connectivity index is 1.64. The molecule has 130 valence electrons. The number of hydrogen-bond acceptors (Lipinski definition) is 2. The normalized spacial score (nSPS) is 19.5. The highest BCUT2D eigenvalue weighted by atomic mass is 16.4. The Morgan fingerprint density at radius 1 is 0.960 bits per heavy atom. The molecule has 0 bridgehead atoms. The smallest absolute Gasteiger partial charge is 0.306 e. The topological polar surface area (TPSA) is 66.4 Å². The number of aliphatic carboxylic acids is 1. The lowest BCUT2D eigenvalue weighted by Gasteiger charge is -2.15. The van der Waals surface area contributed by atoms with Crippen LogP contribution in [0.2, 0.25) is 0 Å². The fraction of sp³-hybridized carbons (Fsp3) is 0.333. The van der Waals surface area contributed by atoms with Gasteiger partial charge in [-0.3, -0.25) is 9.59 Å². The maximum atomic E-state index is 12.7. The molecule has 3 rings (SSSR count). The Morgan fingerprint density at radius 3 is 2.40 bits per heavy atom. The lowest BCUT2D eigenvalue weighted by atomic mass is 9.99. The number of carbonyl (C=O) groups is 2. The predicted octanol–water partition coefficient (Wildman–Crippen LogP) is 3.45. The number of rotatable bonds is 6. The minimum atomic E-state index is -0.764. The molecule has 2 aromatic carbocycles. The van der Waals surface area contributed by atoms with Crippen LogP contribution in [-0.2, 0) is 17.6 Å². The van der Waals surface area contributed by atoms with E-state index < -0.39 is 5.97 Å². The number of nitrogens with one attached hydrogen (secondary N) is 1. The van der Waals surface area contributed by atoms with Gasteiger partial charge in [-0.05, 0) is 49.3 Å². The van der Waals surface area contributed by atoms with Crippen molar-refractivity contribution >= 4 is 11.9 Å². The van der Waals surface area contributed by atoms with Crippen LogP contribution in [0.3, 0.4) is 0 Å². The highest BCUT2D eigenvalue weighted by molar-refractivity contribution is 5.96. The molecule has 2 atom stereocenters. The number of benzene rings is 2. The maximum Gasteiger partial charge on any atom is 0.306 e. The van der Waals surface area contributed by atoms with E-state index >= 15 is 0 Å². The summed E-state index contributed by atoms with van der Waals surface area (Å²) in [7, 11) is 0. The molecule has 0 unspecified atom stereocenters. The van der Waals surface area contributed by atoms with Crippen LogP contribution in [0.4, 0.5) is 0 Å². The summed E-state index contributed by atoms with van der Waals surface area (Å²) in [6, 6.07) is 17.8. The van der Waals surface area contributed by atoms with E-state index in [1.165, 1.54) is 5.56 Å². The van der Waals surface area contributed by atoms with Crippen LogP contribution in [0.25, 0.3) is 0 Å². The van der Waals surface area contributed by atoms with E-state index in [4.69, 9.17) is 5.11 Å². The van der Waals surface area contributed by atoms with Gasteiger partial charge in [-0.2, -0.15) is 0 Å². The molecule has 1 saturated carbocycles. The molecule has 0 aliphatic heterocycles. The Labute approximate surface area is 147 Å². The van der Waals surface area contributed by atoms with Gasteiger partial charge in [0.05, 0.1) is 5.92 Å². The van der Waals surface area contributed by atoms with Gasteiger partial charge in [0.25, 0.3) is 5.91 Å². The second kappa shape index (κ2) is 7.97. The molecule has 0 saturated heterocycles. The minimum absolute atomic E-state index is 0.0456. The molecule has 2 N–H and O–H groups in total.